The maximum absolute atomic E-state index is 13.3. The van der Waals surface area contributed by atoms with Gasteiger partial charge in [0.1, 0.15) is 0 Å². The van der Waals surface area contributed by atoms with E-state index in [2.05, 4.69) is 31.9 Å². The van der Waals surface area contributed by atoms with Crippen LogP contribution in [-0.2, 0) is 4.79 Å². The van der Waals surface area contributed by atoms with Gasteiger partial charge < -0.3 is 9.80 Å². The van der Waals surface area contributed by atoms with E-state index in [1.54, 1.807) is 12.4 Å². The van der Waals surface area contributed by atoms with Crippen molar-refractivity contribution >= 4 is 11.7 Å². The lowest BCUT2D eigenvalue weighted by atomic mass is 9.91. The number of aromatic nitrogens is 3. The van der Waals surface area contributed by atoms with E-state index in [-0.39, 0.29) is 5.92 Å². The van der Waals surface area contributed by atoms with Crippen LogP contribution in [0.1, 0.15) is 51.9 Å². The first-order valence-electron chi connectivity index (χ1n) is 11.1. The van der Waals surface area contributed by atoms with Crippen molar-refractivity contribution in [2.45, 2.75) is 57.9 Å². The summed E-state index contributed by atoms with van der Waals surface area (Å²) in [4.78, 5) is 21.7. The number of hydrogen-bond donors (Lipinski definition) is 0. The molecule has 0 N–H and O–H groups in total. The summed E-state index contributed by atoms with van der Waals surface area (Å²) >= 11 is 0. The number of hydrogen-bond acceptors (Lipinski definition) is 5. The molecule has 0 spiro atoms. The van der Waals surface area contributed by atoms with Crippen molar-refractivity contribution in [2.75, 3.05) is 24.5 Å². The van der Waals surface area contributed by atoms with Gasteiger partial charge in [-0.05, 0) is 56.9 Å². The van der Waals surface area contributed by atoms with E-state index in [1.165, 1.54) is 19.3 Å². The van der Waals surface area contributed by atoms with Gasteiger partial charge in [0, 0.05) is 43.6 Å². The van der Waals surface area contributed by atoms with Crippen molar-refractivity contribution in [1.29, 1.82) is 0 Å². The Morgan fingerprint density at radius 3 is 2.52 bits per heavy atom. The summed E-state index contributed by atoms with van der Waals surface area (Å²) < 4.78 is 0. The highest BCUT2D eigenvalue weighted by Crippen LogP contribution is 2.28. The summed E-state index contributed by atoms with van der Waals surface area (Å²) in [6.45, 7) is 4.62. The number of carbonyl (C=O) groups is 1. The summed E-state index contributed by atoms with van der Waals surface area (Å²) in [5.74, 6) is 1.26. The number of carbonyl (C=O) groups excluding carboxylic acids is 1. The van der Waals surface area contributed by atoms with Gasteiger partial charge in [0.2, 0.25) is 5.91 Å². The first-order chi connectivity index (χ1) is 14.3. The van der Waals surface area contributed by atoms with Gasteiger partial charge in [-0.25, -0.2) is 0 Å². The molecular weight excluding hydrogens is 362 g/mol. The molecule has 1 unspecified atom stereocenters. The molecule has 4 rings (SSSR count). The zero-order valence-electron chi connectivity index (χ0n) is 17.3. The van der Waals surface area contributed by atoms with Crippen molar-refractivity contribution in [3.63, 3.8) is 0 Å². The minimum absolute atomic E-state index is 0.0623. The van der Waals surface area contributed by atoms with E-state index in [0.29, 0.717) is 11.9 Å². The van der Waals surface area contributed by atoms with E-state index in [0.717, 1.165) is 62.4 Å². The van der Waals surface area contributed by atoms with E-state index in [1.807, 2.05) is 24.3 Å². The van der Waals surface area contributed by atoms with Crippen molar-refractivity contribution in [1.82, 2.24) is 20.1 Å². The number of anilines is 1. The molecule has 2 fully saturated rings. The molecule has 3 heterocycles. The Balaban J connectivity index is 1.43. The number of nitrogens with zero attached hydrogens (tertiary/aromatic N) is 5. The standard InChI is InChI=1S/C23H31N5O/c1-2-28(20-8-4-3-5-9-20)23(29)19-7-6-16-27(17-19)22-11-10-21(25-26-22)18-12-14-24-15-13-18/h10-15,19-20H,2-9,16-17H2,1H3. The summed E-state index contributed by atoms with van der Waals surface area (Å²) in [5.41, 5.74) is 1.85. The second-order valence-corrected chi connectivity index (χ2v) is 8.21. The van der Waals surface area contributed by atoms with Crippen LogP contribution < -0.4 is 4.90 Å². The first-order valence-corrected chi connectivity index (χ1v) is 11.1. The lowest BCUT2D eigenvalue weighted by Crippen LogP contribution is -2.49. The van der Waals surface area contributed by atoms with Gasteiger partial charge in [0.25, 0.3) is 0 Å². The molecule has 1 aliphatic carbocycles. The molecule has 154 valence electrons. The number of piperidine rings is 1. The Bertz CT molecular complexity index is 789. The zero-order chi connectivity index (χ0) is 20.1. The van der Waals surface area contributed by atoms with E-state index in [9.17, 15) is 4.79 Å². The Hall–Kier alpha value is -2.50. The molecule has 0 bridgehead atoms. The molecule has 6 nitrogen and oxygen atoms in total. The summed E-state index contributed by atoms with van der Waals surface area (Å²) in [7, 11) is 0. The van der Waals surface area contributed by atoms with Gasteiger partial charge >= 0.3 is 0 Å². The summed E-state index contributed by atoms with van der Waals surface area (Å²) in [6.07, 6.45) is 11.7. The van der Waals surface area contributed by atoms with Crippen LogP contribution in [0.15, 0.2) is 36.7 Å². The predicted octanol–water partition coefficient (Wildman–Crippen LogP) is 3.94. The van der Waals surface area contributed by atoms with E-state index in [4.69, 9.17) is 0 Å². The molecule has 1 saturated heterocycles. The molecule has 0 aromatic carbocycles. The van der Waals surface area contributed by atoms with Crippen LogP contribution in [0, 0.1) is 5.92 Å². The van der Waals surface area contributed by atoms with Crippen molar-refractivity contribution in [3.05, 3.63) is 36.7 Å². The Morgan fingerprint density at radius 2 is 1.83 bits per heavy atom. The smallest absolute Gasteiger partial charge is 0.227 e. The third-order valence-electron chi connectivity index (χ3n) is 6.36. The zero-order valence-corrected chi connectivity index (χ0v) is 17.3. The van der Waals surface area contributed by atoms with Gasteiger partial charge in [-0.15, -0.1) is 10.2 Å². The molecule has 0 radical (unpaired) electrons. The first kappa shape index (κ1) is 19.8. The predicted molar refractivity (Wildman–Crippen MR) is 114 cm³/mol. The fourth-order valence-electron chi connectivity index (χ4n) is 4.78. The van der Waals surface area contributed by atoms with Gasteiger partial charge in [-0.3, -0.25) is 9.78 Å². The Morgan fingerprint density at radius 1 is 1.03 bits per heavy atom. The third-order valence-corrected chi connectivity index (χ3v) is 6.36. The molecule has 29 heavy (non-hydrogen) atoms. The highest BCUT2D eigenvalue weighted by atomic mass is 16.2. The highest BCUT2D eigenvalue weighted by molar-refractivity contribution is 5.80. The van der Waals surface area contributed by atoms with Gasteiger partial charge in [-0.2, -0.15) is 0 Å². The minimum Gasteiger partial charge on any atom is -0.354 e. The molecular formula is C23H31N5O. The second-order valence-electron chi connectivity index (χ2n) is 8.21. The quantitative estimate of drug-likeness (QED) is 0.770. The molecule has 1 aliphatic heterocycles. The van der Waals surface area contributed by atoms with Crippen molar-refractivity contribution < 1.29 is 4.79 Å². The van der Waals surface area contributed by atoms with Crippen LogP contribution >= 0.6 is 0 Å². The van der Waals surface area contributed by atoms with Crippen LogP contribution in [0.2, 0.25) is 0 Å². The molecule has 2 aromatic rings. The molecule has 6 heteroatoms. The third kappa shape index (κ3) is 4.57. The second kappa shape index (κ2) is 9.33. The van der Waals surface area contributed by atoms with Crippen LogP contribution in [0.4, 0.5) is 5.82 Å². The minimum atomic E-state index is 0.0623. The van der Waals surface area contributed by atoms with Crippen LogP contribution in [-0.4, -0.2) is 51.7 Å². The molecule has 2 aliphatic rings. The van der Waals surface area contributed by atoms with E-state index >= 15 is 0 Å². The van der Waals surface area contributed by atoms with Crippen LogP contribution in [0.5, 0.6) is 0 Å². The van der Waals surface area contributed by atoms with Gasteiger partial charge in [-0.1, -0.05) is 19.3 Å². The largest absolute Gasteiger partial charge is 0.354 e. The average molecular weight is 394 g/mol. The van der Waals surface area contributed by atoms with Crippen LogP contribution in [0.25, 0.3) is 11.3 Å². The maximum Gasteiger partial charge on any atom is 0.227 e. The molecule has 2 aromatic heterocycles. The fourth-order valence-corrected chi connectivity index (χ4v) is 4.78. The monoisotopic (exact) mass is 393 g/mol. The highest BCUT2D eigenvalue weighted by Gasteiger charge is 2.32. The van der Waals surface area contributed by atoms with Gasteiger partial charge in [0.15, 0.2) is 5.82 Å². The maximum atomic E-state index is 13.3. The SMILES string of the molecule is CCN(C(=O)C1CCCN(c2ccc(-c3ccncc3)nn2)C1)C1CCCCC1. The average Bonchev–Trinajstić information content (AvgIpc) is 2.81. The lowest BCUT2D eigenvalue weighted by molar-refractivity contribution is -0.138. The van der Waals surface area contributed by atoms with Crippen LogP contribution in [0.3, 0.4) is 0 Å². The lowest BCUT2D eigenvalue weighted by Gasteiger charge is -2.39. The summed E-state index contributed by atoms with van der Waals surface area (Å²) in [6, 6.07) is 8.34. The summed E-state index contributed by atoms with van der Waals surface area (Å²) in [5, 5.41) is 8.86. The normalized spacial score (nSPS) is 20.4. The number of pyridine rings is 1. The Labute approximate surface area is 173 Å². The molecule has 1 atom stereocenters. The number of rotatable bonds is 5. The molecule has 1 saturated carbocycles. The van der Waals surface area contributed by atoms with E-state index < -0.39 is 0 Å². The fraction of sp³-hybridized carbons (Fsp3) is 0.565. The van der Waals surface area contributed by atoms with Crippen molar-refractivity contribution in [3.8, 4) is 11.3 Å². The van der Waals surface area contributed by atoms with Crippen molar-refractivity contribution in [2.24, 2.45) is 5.92 Å². The number of amides is 1. The van der Waals surface area contributed by atoms with Gasteiger partial charge in [0.05, 0.1) is 11.6 Å². The Kier molecular flexibility index (Phi) is 6.37. The molecule has 1 amide bonds. The topological polar surface area (TPSA) is 62.2 Å².